The zero-order valence-electron chi connectivity index (χ0n) is 12.8. The van der Waals surface area contributed by atoms with Crippen molar-refractivity contribution in [3.8, 4) is 0 Å². The standard InChI is InChI=1S/C17H19NO4/c1-18-14-6-7-17(21-8-9-22-17)10-13(14)11-4-3-5-12(15(11)18)16(19)20-2/h3-5H,6-10H2,1-2H3. The Morgan fingerprint density at radius 2 is 2.09 bits per heavy atom. The van der Waals surface area contributed by atoms with Crippen molar-refractivity contribution in [2.45, 2.75) is 25.0 Å². The molecule has 116 valence electrons. The van der Waals surface area contributed by atoms with E-state index in [0.717, 1.165) is 30.2 Å². The summed E-state index contributed by atoms with van der Waals surface area (Å²) in [5.41, 5.74) is 4.04. The first-order valence-corrected chi connectivity index (χ1v) is 7.60. The number of rotatable bonds is 1. The van der Waals surface area contributed by atoms with Crippen molar-refractivity contribution in [2.24, 2.45) is 7.05 Å². The number of para-hydroxylation sites is 1. The number of hydrogen-bond acceptors (Lipinski definition) is 4. The van der Waals surface area contributed by atoms with Crippen LogP contribution in [0, 0.1) is 0 Å². The summed E-state index contributed by atoms with van der Waals surface area (Å²) in [4.78, 5) is 12.1. The van der Waals surface area contributed by atoms with Crippen molar-refractivity contribution in [1.29, 1.82) is 0 Å². The minimum Gasteiger partial charge on any atom is -0.465 e. The maximum Gasteiger partial charge on any atom is 0.340 e. The second kappa shape index (κ2) is 4.83. The summed E-state index contributed by atoms with van der Waals surface area (Å²) >= 11 is 0. The first kappa shape index (κ1) is 13.8. The van der Waals surface area contributed by atoms with Gasteiger partial charge in [0, 0.05) is 31.0 Å². The van der Waals surface area contributed by atoms with E-state index in [1.165, 1.54) is 18.4 Å². The minimum atomic E-state index is -0.470. The van der Waals surface area contributed by atoms with Crippen LogP contribution >= 0.6 is 0 Å². The number of esters is 1. The van der Waals surface area contributed by atoms with Crippen LogP contribution < -0.4 is 0 Å². The second-order valence-electron chi connectivity index (χ2n) is 5.96. The molecule has 0 unspecified atom stereocenters. The van der Waals surface area contributed by atoms with E-state index in [-0.39, 0.29) is 5.97 Å². The molecule has 0 saturated carbocycles. The number of methoxy groups -OCH3 is 1. The molecule has 0 amide bonds. The molecule has 0 bridgehead atoms. The molecule has 0 N–H and O–H groups in total. The van der Waals surface area contributed by atoms with Crippen molar-refractivity contribution in [2.75, 3.05) is 20.3 Å². The number of benzene rings is 1. The summed E-state index contributed by atoms with van der Waals surface area (Å²) < 4.78 is 18.8. The highest BCUT2D eigenvalue weighted by Gasteiger charge is 2.41. The van der Waals surface area contributed by atoms with Crippen molar-refractivity contribution in [1.82, 2.24) is 4.57 Å². The molecule has 5 nitrogen and oxygen atoms in total. The molecule has 2 aromatic rings. The van der Waals surface area contributed by atoms with Gasteiger partial charge in [-0.15, -0.1) is 0 Å². The molecule has 0 atom stereocenters. The van der Waals surface area contributed by atoms with Crippen LogP contribution in [0.15, 0.2) is 18.2 Å². The van der Waals surface area contributed by atoms with Gasteiger partial charge < -0.3 is 18.8 Å². The van der Waals surface area contributed by atoms with Crippen LogP contribution in [0.2, 0.25) is 0 Å². The van der Waals surface area contributed by atoms with E-state index in [0.29, 0.717) is 18.8 Å². The number of nitrogens with zero attached hydrogens (tertiary/aromatic N) is 1. The fraction of sp³-hybridized carbons (Fsp3) is 0.471. The monoisotopic (exact) mass is 301 g/mol. The molecule has 1 spiro atoms. The third-order valence-electron chi connectivity index (χ3n) is 4.86. The van der Waals surface area contributed by atoms with Gasteiger partial charge in [-0.3, -0.25) is 0 Å². The van der Waals surface area contributed by atoms with Crippen molar-refractivity contribution < 1.29 is 19.0 Å². The van der Waals surface area contributed by atoms with Crippen molar-refractivity contribution >= 4 is 16.9 Å². The lowest BCUT2D eigenvalue weighted by atomic mass is 9.90. The second-order valence-corrected chi connectivity index (χ2v) is 5.96. The highest BCUT2D eigenvalue weighted by atomic mass is 16.7. The zero-order chi connectivity index (χ0) is 15.3. The summed E-state index contributed by atoms with van der Waals surface area (Å²) in [5, 5.41) is 1.10. The lowest BCUT2D eigenvalue weighted by Gasteiger charge is -2.32. The number of ether oxygens (including phenoxy) is 3. The molecule has 4 rings (SSSR count). The normalized spacial score (nSPS) is 19.5. The molecule has 2 heterocycles. The third-order valence-corrected chi connectivity index (χ3v) is 4.86. The Hall–Kier alpha value is -1.85. The van der Waals surface area contributed by atoms with Crippen LogP contribution in [0.3, 0.4) is 0 Å². The quantitative estimate of drug-likeness (QED) is 0.758. The summed E-state index contributed by atoms with van der Waals surface area (Å²) in [6, 6.07) is 5.79. The number of carbonyl (C=O) groups excluding carboxylic acids is 1. The van der Waals surface area contributed by atoms with Crippen LogP contribution in [0.5, 0.6) is 0 Å². The van der Waals surface area contributed by atoms with Gasteiger partial charge in [0.1, 0.15) is 0 Å². The van der Waals surface area contributed by atoms with Crippen molar-refractivity contribution in [3.05, 3.63) is 35.0 Å². The number of aromatic nitrogens is 1. The van der Waals surface area contributed by atoms with Gasteiger partial charge in [-0.1, -0.05) is 12.1 Å². The van der Waals surface area contributed by atoms with Crippen molar-refractivity contribution in [3.63, 3.8) is 0 Å². The molecule has 1 aliphatic heterocycles. The van der Waals surface area contributed by atoms with Crippen LogP contribution in [0.1, 0.15) is 28.0 Å². The van der Waals surface area contributed by atoms with E-state index in [1.807, 2.05) is 19.2 Å². The highest BCUT2D eigenvalue weighted by Crippen LogP contribution is 2.40. The molecular formula is C17H19NO4. The average Bonchev–Trinajstić information content (AvgIpc) is 3.11. The maximum absolute atomic E-state index is 12.1. The fourth-order valence-electron chi connectivity index (χ4n) is 3.84. The predicted molar refractivity (Wildman–Crippen MR) is 80.9 cm³/mol. The minimum absolute atomic E-state index is 0.299. The Morgan fingerprint density at radius 3 is 2.82 bits per heavy atom. The van der Waals surface area contributed by atoms with E-state index < -0.39 is 5.79 Å². The first-order valence-electron chi connectivity index (χ1n) is 7.60. The van der Waals surface area contributed by atoms with E-state index in [1.54, 1.807) is 0 Å². The van der Waals surface area contributed by atoms with E-state index in [4.69, 9.17) is 14.2 Å². The first-order chi connectivity index (χ1) is 10.7. The molecule has 2 aliphatic rings. The Morgan fingerprint density at radius 1 is 1.32 bits per heavy atom. The number of aryl methyl sites for hydroxylation is 1. The molecule has 1 aromatic heterocycles. The lowest BCUT2D eigenvalue weighted by molar-refractivity contribution is -0.163. The van der Waals surface area contributed by atoms with E-state index >= 15 is 0 Å². The number of fused-ring (bicyclic) bond motifs is 3. The maximum atomic E-state index is 12.1. The topological polar surface area (TPSA) is 49.7 Å². The van der Waals surface area contributed by atoms with Crippen LogP contribution in [-0.4, -0.2) is 36.6 Å². The molecule has 1 aromatic carbocycles. The molecule has 22 heavy (non-hydrogen) atoms. The van der Waals surface area contributed by atoms with E-state index in [2.05, 4.69) is 10.6 Å². The van der Waals surface area contributed by atoms with Gasteiger partial charge in [-0.2, -0.15) is 0 Å². The summed E-state index contributed by atoms with van der Waals surface area (Å²) in [6.45, 7) is 1.32. The average molecular weight is 301 g/mol. The molecular weight excluding hydrogens is 282 g/mol. The smallest absolute Gasteiger partial charge is 0.340 e. The molecule has 1 saturated heterocycles. The number of carbonyl (C=O) groups is 1. The third kappa shape index (κ3) is 1.82. The predicted octanol–water partition coefficient (Wildman–Crippen LogP) is 2.20. The summed E-state index contributed by atoms with van der Waals surface area (Å²) in [5.74, 6) is -0.769. The Bertz CT molecular complexity index is 756. The van der Waals surface area contributed by atoms with E-state index in [9.17, 15) is 4.79 Å². The fourth-order valence-corrected chi connectivity index (χ4v) is 3.84. The van der Waals surface area contributed by atoms with Crippen LogP contribution in [-0.2, 0) is 34.1 Å². The van der Waals surface area contributed by atoms with Gasteiger partial charge >= 0.3 is 5.97 Å². The number of hydrogen-bond donors (Lipinski definition) is 0. The SMILES string of the molecule is COC(=O)c1cccc2c3c(n(C)c12)CCC1(C3)OCCO1. The molecule has 0 radical (unpaired) electrons. The summed E-state index contributed by atoms with van der Waals surface area (Å²) in [7, 11) is 3.43. The lowest BCUT2D eigenvalue weighted by Crippen LogP contribution is -2.37. The van der Waals surface area contributed by atoms with Gasteiger partial charge in [0.05, 0.1) is 31.4 Å². The van der Waals surface area contributed by atoms with Gasteiger partial charge in [0.2, 0.25) is 0 Å². The Balaban J connectivity index is 1.91. The highest BCUT2D eigenvalue weighted by molar-refractivity contribution is 6.04. The van der Waals surface area contributed by atoms with Gasteiger partial charge in [0.15, 0.2) is 5.79 Å². The van der Waals surface area contributed by atoms with Gasteiger partial charge in [0.25, 0.3) is 0 Å². The zero-order valence-corrected chi connectivity index (χ0v) is 12.8. The summed E-state index contributed by atoms with van der Waals surface area (Å²) in [6.07, 6.45) is 2.49. The van der Waals surface area contributed by atoms with Gasteiger partial charge in [-0.05, 0) is 18.1 Å². The molecule has 1 aliphatic carbocycles. The molecule has 5 heteroatoms. The Kier molecular flexibility index (Phi) is 3.03. The van der Waals surface area contributed by atoms with Crippen LogP contribution in [0.25, 0.3) is 10.9 Å². The molecule has 1 fully saturated rings. The largest absolute Gasteiger partial charge is 0.465 e. The van der Waals surface area contributed by atoms with Gasteiger partial charge in [-0.25, -0.2) is 4.79 Å². The Labute approximate surface area is 128 Å². The van der Waals surface area contributed by atoms with Crippen LogP contribution in [0.4, 0.5) is 0 Å².